The first-order chi connectivity index (χ1) is 16.1. The summed E-state index contributed by atoms with van der Waals surface area (Å²) in [7, 11) is 0. The summed E-state index contributed by atoms with van der Waals surface area (Å²) in [6, 6.07) is 16.6. The Morgan fingerprint density at radius 3 is 2.00 bits per heavy atom. The standard InChI is InChI=1S/C27H26O7/c1-16-3-4-18(11-17(16)2)24-8-5-19(12-21(24)14-26(30)31)23-9-7-22(34-15-27(32)33)13-20(23)6-10-25(28)29/h3-5,7-9,11-13H,6,10,14-15H2,1-2H3,(H,28,29)(H,30,31)(H,32,33). The largest absolute Gasteiger partial charge is 0.482 e. The molecule has 0 fully saturated rings. The Kier molecular flexibility index (Phi) is 7.68. The maximum atomic E-state index is 11.6. The molecule has 0 saturated carbocycles. The lowest BCUT2D eigenvalue weighted by Gasteiger charge is -2.16. The van der Waals surface area contributed by atoms with Gasteiger partial charge in [-0.15, -0.1) is 0 Å². The molecule has 0 amide bonds. The van der Waals surface area contributed by atoms with Crippen LogP contribution in [-0.2, 0) is 27.2 Å². The third-order valence-electron chi connectivity index (χ3n) is 5.62. The van der Waals surface area contributed by atoms with Crippen molar-refractivity contribution in [1.29, 1.82) is 0 Å². The zero-order valence-corrected chi connectivity index (χ0v) is 19.0. The van der Waals surface area contributed by atoms with Gasteiger partial charge in [0.15, 0.2) is 6.61 Å². The third-order valence-corrected chi connectivity index (χ3v) is 5.62. The lowest BCUT2D eigenvalue weighted by Crippen LogP contribution is -2.09. The molecular weight excluding hydrogens is 436 g/mol. The minimum absolute atomic E-state index is 0.113. The van der Waals surface area contributed by atoms with Crippen molar-refractivity contribution < 1.29 is 34.4 Å². The minimum atomic E-state index is -1.11. The van der Waals surface area contributed by atoms with Gasteiger partial charge in [0.05, 0.1) is 6.42 Å². The van der Waals surface area contributed by atoms with E-state index in [9.17, 15) is 19.5 Å². The average molecular weight is 462 g/mol. The van der Waals surface area contributed by atoms with Crippen LogP contribution in [-0.4, -0.2) is 39.8 Å². The Balaban J connectivity index is 2.08. The fourth-order valence-electron chi connectivity index (χ4n) is 3.80. The van der Waals surface area contributed by atoms with E-state index in [0.717, 1.165) is 33.4 Å². The highest BCUT2D eigenvalue weighted by Crippen LogP contribution is 2.34. The Labute approximate surface area is 197 Å². The van der Waals surface area contributed by atoms with Crippen molar-refractivity contribution in [1.82, 2.24) is 0 Å². The van der Waals surface area contributed by atoms with Crippen molar-refractivity contribution in [2.45, 2.75) is 33.1 Å². The molecule has 176 valence electrons. The van der Waals surface area contributed by atoms with Crippen LogP contribution in [0.5, 0.6) is 5.75 Å². The molecule has 0 bridgehead atoms. The molecule has 34 heavy (non-hydrogen) atoms. The van der Waals surface area contributed by atoms with Crippen LogP contribution in [0.2, 0.25) is 0 Å². The molecule has 0 aliphatic heterocycles. The monoisotopic (exact) mass is 462 g/mol. The number of aryl methyl sites for hydroxylation is 3. The van der Waals surface area contributed by atoms with Gasteiger partial charge in [0.25, 0.3) is 0 Å². The number of carboxylic acid groups (broad SMARTS) is 3. The van der Waals surface area contributed by atoms with E-state index < -0.39 is 24.5 Å². The summed E-state index contributed by atoms with van der Waals surface area (Å²) in [5, 5.41) is 27.5. The second kappa shape index (κ2) is 10.7. The van der Waals surface area contributed by atoms with Crippen molar-refractivity contribution in [2.24, 2.45) is 0 Å². The first-order valence-electron chi connectivity index (χ1n) is 10.8. The molecule has 0 atom stereocenters. The molecule has 0 heterocycles. The van der Waals surface area contributed by atoms with Crippen LogP contribution in [0.25, 0.3) is 22.3 Å². The number of carboxylic acids is 3. The quantitative estimate of drug-likeness (QED) is 0.398. The van der Waals surface area contributed by atoms with Gasteiger partial charge in [-0.1, -0.05) is 36.4 Å². The van der Waals surface area contributed by atoms with Crippen LogP contribution in [0.4, 0.5) is 0 Å². The highest BCUT2D eigenvalue weighted by Gasteiger charge is 2.15. The fraction of sp³-hybridized carbons (Fsp3) is 0.222. The van der Waals surface area contributed by atoms with Crippen LogP contribution in [0.3, 0.4) is 0 Å². The summed E-state index contributed by atoms with van der Waals surface area (Å²) >= 11 is 0. The van der Waals surface area contributed by atoms with Crippen molar-refractivity contribution in [3.05, 3.63) is 76.9 Å². The summed E-state index contributed by atoms with van der Waals surface area (Å²) in [6.07, 6.45) is -0.0689. The molecular formula is C27H26O7. The lowest BCUT2D eigenvalue weighted by molar-refractivity contribution is -0.139. The molecule has 0 aromatic heterocycles. The molecule has 3 N–H and O–H groups in total. The van der Waals surface area contributed by atoms with Crippen molar-refractivity contribution in [3.63, 3.8) is 0 Å². The molecule has 0 aliphatic carbocycles. The number of carbonyl (C=O) groups is 3. The predicted octanol–water partition coefficient (Wildman–Crippen LogP) is 4.75. The van der Waals surface area contributed by atoms with Crippen LogP contribution in [0, 0.1) is 13.8 Å². The van der Waals surface area contributed by atoms with Gasteiger partial charge in [-0.25, -0.2) is 4.79 Å². The topological polar surface area (TPSA) is 121 Å². The third kappa shape index (κ3) is 6.22. The highest BCUT2D eigenvalue weighted by atomic mass is 16.5. The first kappa shape index (κ1) is 24.5. The number of hydrogen-bond acceptors (Lipinski definition) is 4. The second-order valence-corrected chi connectivity index (χ2v) is 8.14. The van der Waals surface area contributed by atoms with E-state index in [1.165, 1.54) is 0 Å². The SMILES string of the molecule is Cc1ccc(-c2ccc(-c3ccc(OCC(=O)O)cc3CCC(=O)O)cc2CC(=O)O)cc1C. The molecule has 3 aromatic rings. The van der Waals surface area contributed by atoms with E-state index in [1.807, 2.05) is 50.2 Å². The molecule has 0 radical (unpaired) electrons. The van der Waals surface area contributed by atoms with E-state index >= 15 is 0 Å². The lowest BCUT2D eigenvalue weighted by atomic mass is 9.90. The summed E-state index contributed by atoms with van der Waals surface area (Å²) in [5.41, 5.74) is 6.80. The van der Waals surface area contributed by atoms with Gasteiger partial charge >= 0.3 is 17.9 Å². The van der Waals surface area contributed by atoms with Crippen molar-refractivity contribution >= 4 is 17.9 Å². The summed E-state index contributed by atoms with van der Waals surface area (Å²) in [5.74, 6) is -2.70. The highest BCUT2D eigenvalue weighted by molar-refractivity contribution is 5.81. The van der Waals surface area contributed by atoms with Crippen LogP contribution in [0.15, 0.2) is 54.6 Å². The maximum Gasteiger partial charge on any atom is 0.341 e. The fourth-order valence-corrected chi connectivity index (χ4v) is 3.80. The molecule has 0 spiro atoms. The van der Waals surface area contributed by atoms with Gasteiger partial charge in [-0.2, -0.15) is 0 Å². The zero-order valence-electron chi connectivity index (χ0n) is 19.0. The van der Waals surface area contributed by atoms with Gasteiger partial charge in [-0.3, -0.25) is 9.59 Å². The molecule has 3 rings (SSSR count). The van der Waals surface area contributed by atoms with E-state index in [-0.39, 0.29) is 19.3 Å². The van der Waals surface area contributed by atoms with Gasteiger partial charge < -0.3 is 20.1 Å². The normalized spacial score (nSPS) is 10.6. The molecule has 7 nitrogen and oxygen atoms in total. The molecule has 0 aliphatic rings. The number of rotatable bonds is 10. The number of ether oxygens (including phenoxy) is 1. The smallest absolute Gasteiger partial charge is 0.341 e. The number of hydrogen-bond donors (Lipinski definition) is 3. The van der Waals surface area contributed by atoms with E-state index in [1.54, 1.807) is 18.2 Å². The van der Waals surface area contributed by atoms with Gasteiger partial charge in [0.2, 0.25) is 0 Å². The summed E-state index contributed by atoms with van der Waals surface area (Å²) in [6.45, 7) is 3.51. The van der Waals surface area contributed by atoms with Crippen LogP contribution < -0.4 is 4.74 Å². The Morgan fingerprint density at radius 1 is 0.706 bits per heavy atom. The Morgan fingerprint density at radius 2 is 1.35 bits per heavy atom. The van der Waals surface area contributed by atoms with Crippen LogP contribution in [0.1, 0.15) is 28.7 Å². The Bertz CT molecular complexity index is 1240. The van der Waals surface area contributed by atoms with Crippen molar-refractivity contribution in [2.75, 3.05) is 6.61 Å². The molecule has 0 saturated heterocycles. The second-order valence-electron chi connectivity index (χ2n) is 8.14. The van der Waals surface area contributed by atoms with E-state index in [4.69, 9.17) is 14.9 Å². The van der Waals surface area contributed by atoms with Crippen molar-refractivity contribution in [3.8, 4) is 28.0 Å². The van der Waals surface area contributed by atoms with Gasteiger partial charge in [-0.05, 0) is 83.0 Å². The average Bonchev–Trinajstić information content (AvgIpc) is 2.78. The van der Waals surface area contributed by atoms with Gasteiger partial charge in [0, 0.05) is 6.42 Å². The first-order valence-corrected chi connectivity index (χ1v) is 10.8. The summed E-state index contributed by atoms with van der Waals surface area (Å²) in [4.78, 5) is 33.6. The zero-order chi connectivity index (χ0) is 24.8. The predicted molar refractivity (Wildman–Crippen MR) is 127 cm³/mol. The molecule has 0 unspecified atom stereocenters. The Hall–Kier alpha value is -4.13. The van der Waals surface area contributed by atoms with E-state index in [0.29, 0.717) is 16.9 Å². The maximum absolute atomic E-state index is 11.6. The number of benzene rings is 3. The van der Waals surface area contributed by atoms with Crippen LogP contribution >= 0.6 is 0 Å². The summed E-state index contributed by atoms with van der Waals surface area (Å²) < 4.78 is 5.26. The molecule has 7 heteroatoms. The minimum Gasteiger partial charge on any atom is -0.482 e. The number of aliphatic carboxylic acids is 3. The molecule has 3 aromatic carbocycles. The van der Waals surface area contributed by atoms with E-state index in [2.05, 4.69) is 0 Å². The van der Waals surface area contributed by atoms with Gasteiger partial charge in [0.1, 0.15) is 5.75 Å².